The topological polar surface area (TPSA) is 65.3 Å². The van der Waals surface area contributed by atoms with Crippen LogP contribution in [-0.2, 0) is 0 Å². The van der Waals surface area contributed by atoms with E-state index in [0.29, 0.717) is 5.92 Å². The van der Waals surface area contributed by atoms with E-state index in [1.165, 1.54) is 23.2 Å². The average Bonchev–Trinajstić information content (AvgIpc) is 3.30. The van der Waals surface area contributed by atoms with E-state index in [1.54, 1.807) is 24.3 Å². The van der Waals surface area contributed by atoms with Crippen LogP contribution in [-0.4, -0.2) is 33.1 Å². The Bertz CT molecular complexity index is 1580. The molecule has 3 atom stereocenters. The normalized spacial score (nSPS) is 26.2. The lowest BCUT2D eigenvalue weighted by atomic mass is 9.66. The number of fused-ring (bicyclic) bond motifs is 2. The zero-order chi connectivity index (χ0) is 26.4. The first kappa shape index (κ1) is 23.6. The van der Waals surface area contributed by atoms with Gasteiger partial charge in [0.15, 0.2) is 0 Å². The van der Waals surface area contributed by atoms with Gasteiger partial charge in [0.25, 0.3) is 0 Å². The quantitative estimate of drug-likeness (QED) is 0.371. The van der Waals surface area contributed by atoms with Crippen molar-refractivity contribution in [2.45, 2.75) is 37.3 Å². The maximum absolute atomic E-state index is 11.3. The van der Waals surface area contributed by atoms with Crippen LogP contribution in [0.3, 0.4) is 0 Å². The van der Waals surface area contributed by atoms with Crippen molar-refractivity contribution < 1.29 is 9.90 Å². The molecule has 0 radical (unpaired) electrons. The molecule has 1 fully saturated rings. The summed E-state index contributed by atoms with van der Waals surface area (Å²) in [6, 6.07) is 28.3. The van der Waals surface area contributed by atoms with Crippen LogP contribution in [0.4, 0.5) is 5.69 Å². The number of aromatic carboxylic acids is 1. The molecule has 39 heavy (non-hydrogen) atoms. The standard InChI is InChI=1S/C34H29N3O2/c38-33(39)25-14-16-26(17-15-25)35-27-18-19-30-32(21-27)37-31(24-11-5-2-6-12-24)22-28(23-9-3-1-4-10-23)29-13-7-8-20-34(29,37)36-30/h1-6,9-12,14-19,21-22,28-29H,7-8,13,20H2,(H,38,39)/t28-,29-,34-/m0/s1. The highest BCUT2D eigenvalue weighted by molar-refractivity contribution is 6.23. The number of aliphatic imine (C=N–C) groups is 2. The van der Waals surface area contributed by atoms with Crippen LogP contribution in [0.5, 0.6) is 0 Å². The minimum atomic E-state index is -0.938. The van der Waals surface area contributed by atoms with Crippen molar-refractivity contribution in [3.05, 3.63) is 132 Å². The van der Waals surface area contributed by atoms with E-state index >= 15 is 0 Å². The van der Waals surface area contributed by atoms with Gasteiger partial charge >= 0.3 is 5.97 Å². The molecule has 0 saturated heterocycles. The first-order valence-electron chi connectivity index (χ1n) is 13.7. The van der Waals surface area contributed by atoms with Gasteiger partial charge in [0.05, 0.1) is 28.4 Å². The van der Waals surface area contributed by atoms with Gasteiger partial charge in [0.1, 0.15) is 5.66 Å². The molecular formula is C34H29N3O2. The monoisotopic (exact) mass is 511 g/mol. The molecule has 3 aromatic carbocycles. The summed E-state index contributed by atoms with van der Waals surface area (Å²) in [5, 5.41) is 9.23. The summed E-state index contributed by atoms with van der Waals surface area (Å²) in [7, 11) is 0. The lowest BCUT2D eigenvalue weighted by Gasteiger charge is -2.53. The molecule has 0 bridgehead atoms. The fourth-order valence-corrected chi connectivity index (χ4v) is 6.74. The summed E-state index contributed by atoms with van der Waals surface area (Å²) in [5.74, 6) is -0.280. The third kappa shape index (κ3) is 3.97. The number of benzene rings is 3. The van der Waals surface area contributed by atoms with E-state index in [1.807, 2.05) is 6.08 Å². The summed E-state index contributed by atoms with van der Waals surface area (Å²) in [4.78, 5) is 24.1. The average molecular weight is 512 g/mol. The van der Waals surface area contributed by atoms with Gasteiger partial charge in [-0.15, -0.1) is 0 Å². The second-order valence-electron chi connectivity index (χ2n) is 10.7. The van der Waals surface area contributed by atoms with E-state index in [0.717, 1.165) is 42.1 Å². The Labute approximate surface area is 228 Å². The molecule has 5 nitrogen and oxygen atoms in total. The van der Waals surface area contributed by atoms with Crippen molar-refractivity contribution in [1.29, 1.82) is 0 Å². The second-order valence-corrected chi connectivity index (χ2v) is 10.7. The lowest BCUT2D eigenvalue weighted by molar-refractivity contribution is 0.0686. The number of hydrogen-bond donors (Lipinski definition) is 1. The van der Waals surface area contributed by atoms with Gasteiger partial charge in [-0.1, -0.05) is 73.2 Å². The van der Waals surface area contributed by atoms with Gasteiger partial charge in [-0.05, 0) is 72.9 Å². The Kier molecular flexibility index (Phi) is 5.66. The maximum atomic E-state index is 11.3. The number of carboxylic acids is 1. The van der Waals surface area contributed by atoms with Crippen LogP contribution in [0.2, 0.25) is 0 Å². The predicted molar refractivity (Wildman–Crippen MR) is 155 cm³/mol. The number of hydrogen-bond acceptors (Lipinski definition) is 4. The predicted octanol–water partition coefficient (Wildman–Crippen LogP) is 7.39. The molecule has 0 aromatic heterocycles. The molecule has 7 rings (SSSR count). The summed E-state index contributed by atoms with van der Waals surface area (Å²) in [6.45, 7) is 0. The number of allylic oxidation sites excluding steroid dienone is 4. The van der Waals surface area contributed by atoms with E-state index in [4.69, 9.17) is 9.98 Å². The first-order chi connectivity index (χ1) is 19.1. The van der Waals surface area contributed by atoms with Crippen molar-refractivity contribution in [2.75, 3.05) is 0 Å². The Morgan fingerprint density at radius 3 is 2.38 bits per heavy atom. The highest BCUT2D eigenvalue weighted by Crippen LogP contribution is 2.57. The van der Waals surface area contributed by atoms with Gasteiger partial charge in [0.2, 0.25) is 0 Å². The highest BCUT2D eigenvalue weighted by Gasteiger charge is 2.56. The van der Waals surface area contributed by atoms with Crippen LogP contribution in [0, 0.1) is 5.92 Å². The number of carboxylic acid groups (broad SMARTS) is 1. The Morgan fingerprint density at radius 2 is 1.64 bits per heavy atom. The van der Waals surface area contributed by atoms with Crippen molar-refractivity contribution >= 4 is 28.8 Å². The smallest absolute Gasteiger partial charge is 0.335 e. The van der Waals surface area contributed by atoms with Crippen molar-refractivity contribution in [2.24, 2.45) is 15.9 Å². The van der Waals surface area contributed by atoms with Gasteiger partial charge in [-0.25, -0.2) is 9.79 Å². The van der Waals surface area contributed by atoms with E-state index in [-0.39, 0.29) is 17.1 Å². The largest absolute Gasteiger partial charge is 0.478 e. The SMILES string of the molecule is O=C(O)c1ccc(N=C2C=CC3=N[C@]45CCCC[C@H]4[C@H](c4ccccc4)C=C(c4ccccc4)N5C3=C2)cc1. The third-order valence-corrected chi connectivity index (χ3v) is 8.44. The number of rotatable bonds is 4. The molecule has 1 spiro atoms. The van der Waals surface area contributed by atoms with Crippen LogP contribution in [0.1, 0.15) is 53.1 Å². The molecule has 2 aliphatic carbocycles. The summed E-state index contributed by atoms with van der Waals surface area (Å²) >= 11 is 0. The molecule has 0 unspecified atom stereocenters. The molecular weight excluding hydrogens is 482 g/mol. The molecule has 3 aromatic rings. The molecule has 1 N–H and O–H groups in total. The third-order valence-electron chi connectivity index (χ3n) is 8.44. The Hall–Kier alpha value is -4.51. The molecule has 5 heteroatoms. The molecule has 0 amide bonds. The Morgan fingerprint density at radius 1 is 0.897 bits per heavy atom. The number of carbonyl (C=O) groups is 1. The van der Waals surface area contributed by atoms with E-state index in [2.05, 4.69) is 83.8 Å². The fourth-order valence-electron chi connectivity index (χ4n) is 6.74. The van der Waals surface area contributed by atoms with Gasteiger partial charge in [-0.3, -0.25) is 4.99 Å². The lowest BCUT2D eigenvalue weighted by Crippen LogP contribution is -2.54. The summed E-state index contributed by atoms with van der Waals surface area (Å²) in [5.41, 5.74) is 7.32. The van der Waals surface area contributed by atoms with Gasteiger partial charge in [0, 0.05) is 17.5 Å². The molecule has 192 valence electrons. The van der Waals surface area contributed by atoms with Crippen molar-refractivity contribution in [3.8, 4) is 0 Å². The highest BCUT2D eigenvalue weighted by atomic mass is 16.4. The maximum Gasteiger partial charge on any atom is 0.335 e. The second kappa shape index (κ2) is 9.35. The molecule has 4 aliphatic rings. The van der Waals surface area contributed by atoms with Crippen LogP contribution >= 0.6 is 0 Å². The Balaban J connectivity index is 1.37. The number of nitrogens with zero attached hydrogens (tertiary/aromatic N) is 3. The van der Waals surface area contributed by atoms with E-state index in [9.17, 15) is 9.90 Å². The summed E-state index contributed by atoms with van der Waals surface area (Å²) in [6.07, 6.45) is 13.3. The van der Waals surface area contributed by atoms with Crippen LogP contribution in [0.25, 0.3) is 5.70 Å². The summed E-state index contributed by atoms with van der Waals surface area (Å²) < 4.78 is 0. The zero-order valence-electron chi connectivity index (χ0n) is 21.6. The molecule has 2 heterocycles. The van der Waals surface area contributed by atoms with Crippen LogP contribution in [0.15, 0.2) is 125 Å². The van der Waals surface area contributed by atoms with Gasteiger partial charge < -0.3 is 10.0 Å². The molecule has 2 aliphatic heterocycles. The van der Waals surface area contributed by atoms with Crippen molar-refractivity contribution in [1.82, 2.24) is 4.90 Å². The molecule has 1 saturated carbocycles. The fraction of sp³-hybridized carbons (Fsp3) is 0.206. The van der Waals surface area contributed by atoms with Crippen molar-refractivity contribution in [3.63, 3.8) is 0 Å². The minimum absolute atomic E-state index is 0.255. The van der Waals surface area contributed by atoms with E-state index < -0.39 is 5.97 Å². The minimum Gasteiger partial charge on any atom is -0.478 e. The first-order valence-corrected chi connectivity index (χ1v) is 13.7. The van der Waals surface area contributed by atoms with Gasteiger partial charge in [-0.2, -0.15) is 0 Å². The van der Waals surface area contributed by atoms with Crippen LogP contribution < -0.4 is 0 Å². The zero-order valence-corrected chi connectivity index (χ0v) is 21.6.